The van der Waals surface area contributed by atoms with E-state index < -0.39 is 0 Å². The monoisotopic (exact) mass is 298 g/mol. The topological polar surface area (TPSA) is 24.4 Å². The minimum atomic E-state index is 0.694. The van der Waals surface area contributed by atoms with E-state index in [-0.39, 0.29) is 0 Å². The fourth-order valence-electron chi connectivity index (χ4n) is 1.49. The van der Waals surface area contributed by atoms with Crippen molar-refractivity contribution in [2.24, 2.45) is 10.9 Å². The van der Waals surface area contributed by atoms with E-state index in [2.05, 4.69) is 52.2 Å². The molecule has 1 aliphatic heterocycles. The summed E-state index contributed by atoms with van der Waals surface area (Å²) < 4.78 is 1.13. The lowest BCUT2D eigenvalue weighted by Crippen LogP contribution is -2.19. The van der Waals surface area contributed by atoms with Gasteiger partial charge in [-0.15, -0.1) is 0 Å². The summed E-state index contributed by atoms with van der Waals surface area (Å²) in [6, 6.07) is 6.18. The van der Waals surface area contributed by atoms with Crippen LogP contribution >= 0.6 is 27.7 Å². The fraction of sp³-hybridized carbons (Fsp3) is 0.417. The largest absolute Gasteiger partial charge is 0.335 e. The molecule has 0 amide bonds. The van der Waals surface area contributed by atoms with Gasteiger partial charge in [0.25, 0.3) is 0 Å². The van der Waals surface area contributed by atoms with Gasteiger partial charge in [0, 0.05) is 22.5 Å². The highest BCUT2D eigenvalue weighted by atomic mass is 79.9. The molecule has 1 N–H and O–H groups in total. The van der Waals surface area contributed by atoms with E-state index in [0.29, 0.717) is 5.92 Å². The van der Waals surface area contributed by atoms with Gasteiger partial charge >= 0.3 is 0 Å². The van der Waals surface area contributed by atoms with Gasteiger partial charge in [-0.1, -0.05) is 40.7 Å². The second-order valence-electron chi connectivity index (χ2n) is 4.10. The molecule has 1 aromatic carbocycles. The fourth-order valence-corrected chi connectivity index (χ4v) is 2.75. The Labute approximate surface area is 109 Å². The SMILES string of the molecule is Cc1c(Br)cccc1NC1=NCC(C)CS1. The number of rotatable bonds is 1. The summed E-state index contributed by atoms with van der Waals surface area (Å²) in [5.41, 5.74) is 2.36. The van der Waals surface area contributed by atoms with Gasteiger partial charge in [0.2, 0.25) is 0 Å². The quantitative estimate of drug-likeness (QED) is 0.850. The Bertz CT molecular complexity index is 417. The lowest BCUT2D eigenvalue weighted by Gasteiger charge is -2.19. The minimum absolute atomic E-state index is 0.694. The molecule has 0 fully saturated rings. The molecule has 2 nitrogen and oxygen atoms in total. The van der Waals surface area contributed by atoms with Gasteiger partial charge in [0.05, 0.1) is 0 Å². The van der Waals surface area contributed by atoms with Crippen molar-refractivity contribution in [3.63, 3.8) is 0 Å². The first-order valence-electron chi connectivity index (χ1n) is 5.36. The van der Waals surface area contributed by atoms with Crippen LogP contribution in [0.3, 0.4) is 0 Å². The molecule has 1 unspecified atom stereocenters. The Morgan fingerprint density at radius 3 is 3.00 bits per heavy atom. The zero-order valence-corrected chi connectivity index (χ0v) is 11.9. The van der Waals surface area contributed by atoms with Crippen LogP contribution < -0.4 is 5.32 Å². The van der Waals surface area contributed by atoms with E-state index in [1.807, 2.05) is 6.07 Å². The standard InChI is InChI=1S/C12H15BrN2S/c1-8-6-14-12(16-7-8)15-11-5-3-4-10(13)9(11)2/h3-5,8H,6-7H2,1-2H3,(H,14,15). The number of nitrogens with zero attached hydrogens (tertiary/aromatic N) is 1. The van der Waals surface area contributed by atoms with Crippen LogP contribution in [0.1, 0.15) is 12.5 Å². The van der Waals surface area contributed by atoms with Crippen LogP contribution in [0.25, 0.3) is 0 Å². The van der Waals surface area contributed by atoms with Gasteiger partial charge in [-0.2, -0.15) is 0 Å². The first-order chi connectivity index (χ1) is 7.66. The van der Waals surface area contributed by atoms with E-state index in [9.17, 15) is 0 Å². The highest BCUT2D eigenvalue weighted by Gasteiger charge is 2.13. The second kappa shape index (κ2) is 5.23. The number of thioether (sulfide) groups is 1. The Morgan fingerprint density at radius 2 is 2.31 bits per heavy atom. The first-order valence-corrected chi connectivity index (χ1v) is 7.14. The van der Waals surface area contributed by atoms with Crippen molar-refractivity contribution in [3.8, 4) is 0 Å². The predicted octanol–water partition coefficient (Wildman–Crippen LogP) is 3.91. The zero-order valence-electron chi connectivity index (χ0n) is 9.46. The van der Waals surface area contributed by atoms with Crippen molar-refractivity contribution >= 4 is 38.5 Å². The maximum absolute atomic E-state index is 4.53. The minimum Gasteiger partial charge on any atom is -0.335 e. The van der Waals surface area contributed by atoms with Crippen LogP contribution in [-0.2, 0) is 0 Å². The molecule has 0 saturated carbocycles. The zero-order chi connectivity index (χ0) is 11.5. The van der Waals surface area contributed by atoms with Crippen molar-refractivity contribution in [2.45, 2.75) is 13.8 Å². The summed E-state index contributed by atoms with van der Waals surface area (Å²) in [6.45, 7) is 5.27. The molecular formula is C12H15BrN2S. The average molecular weight is 299 g/mol. The van der Waals surface area contributed by atoms with Crippen LogP contribution in [-0.4, -0.2) is 17.5 Å². The number of hydrogen-bond donors (Lipinski definition) is 1. The third kappa shape index (κ3) is 2.80. The average Bonchev–Trinajstić information content (AvgIpc) is 2.28. The van der Waals surface area contributed by atoms with E-state index in [4.69, 9.17) is 0 Å². The number of amidine groups is 1. The number of hydrogen-bond acceptors (Lipinski definition) is 3. The molecule has 0 saturated heterocycles. The maximum atomic E-state index is 4.53. The maximum Gasteiger partial charge on any atom is 0.161 e. The van der Waals surface area contributed by atoms with E-state index in [1.54, 1.807) is 11.8 Å². The number of nitrogens with one attached hydrogen (secondary N) is 1. The molecular weight excluding hydrogens is 284 g/mol. The number of halogens is 1. The van der Waals surface area contributed by atoms with Gasteiger partial charge in [-0.25, -0.2) is 0 Å². The van der Waals surface area contributed by atoms with Crippen LogP contribution in [0.4, 0.5) is 5.69 Å². The molecule has 2 rings (SSSR count). The van der Waals surface area contributed by atoms with Gasteiger partial charge < -0.3 is 5.32 Å². The second-order valence-corrected chi connectivity index (χ2v) is 5.96. The molecule has 0 spiro atoms. The summed E-state index contributed by atoms with van der Waals surface area (Å²) in [5, 5.41) is 4.43. The van der Waals surface area contributed by atoms with Crippen LogP contribution in [0.2, 0.25) is 0 Å². The van der Waals surface area contributed by atoms with Gasteiger partial charge in [-0.05, 0) is 30.5 Å². The molecule has 1 heterocycles. The summed E-state index contributed by atoms with van der Waals surface area (Å²) in [6.07, 6.45) is 0. The Balaban J connectivity index is 2.12. The first kappa shape index (κ1) is 12.0. The molecule has 1 atom stereocenters. The lowest BCUT2D eigenvalue weighted by atomic mass is 10.2. The van der Waals surface area contributed by atoms with E-state index >= 15 is 0 Å². The van der Waals surface area contributed by atoms with Crippen molar-refractivity contribution in [2.75, 3.05) is 17.6 Å². The Kier molecular flexibility index (Phi) is 3.92. The predicted molar refractivity (Wildman–Crippen MR) is 76.4 cm³/mol. The molecule has 1 aromatic rings. The molecule has 0 bridgehead atoms. The Morgan fingerprint density at radius 1 is 1.50 bits per heavy atom. The highest BCUT2D eigenvalue weighted by Crippen LogP contribution is 2.26. The van der Waals surface area contributed by atoms with E-state index in [1.165, 1.54) is 5.56 Å². The molecule has 1 aliphatic rings. The molecule has 16 heavy (non-hydrogen) atoms. The molecule has 0 aromatic heterocycles. The molecule has 86 valence electrons. The summed E-state index contributed by atoms with van der Waals surface area (Å²) in [7, 11) is 0. The molecule has 4 heteroatoms. The van der Waals surface area contributed by atoms with Crippen molar-refractivity contribution < 1.29 is 0 Å². The van der Waals surface area contributed by atoms with Crippen molar-refractivity contribution in [3.05, 3.63) is 28.2 Å². The Hall–Kier alpha value is -0.480. The van der Waals surface area contributed by atoms with Crippen LogP contribution in [0.5, 0.6) is 0 Å². The summed E-state index contributed by atoms with van der Waals surface area (Å²) >= 11 is 5.34. The number of benzene rings is 1. The molecule has 0 radical (unpaired) electrons. The van der Waals surface area contributed by atoms with Gasteiger partial charge in [-0.3, -0.25) is 4.99 Å². The van der Waals surface area contributed by atoms with Crippen LogP contribution in [0, 0.1) is 12.8 Å². The lowest BCUT2D eigenvalue weighted by molar-refractivity contribution is 0.674. The van der Waals surface area contributed by atoms with Crippen molar-refractivity contribution in [1.82, 2.24) is 0 Å². The third-order valence-corrected chi connectivity index (χ3v) is 4.66. The van der Waals surface area contributed by atoms with Crippen molar-refractivity contribution in [1.29, 1.82) is 0 Å². The molecule has 0 aliphatic carbocycles. The number of aliphatic imine (C=N–C) groups is 1. The smallest absolute Gasteiger partial charge is 0.161 e. The van der Waals surface area contributed by atoms with E-state index in [0.717, 1.165) is 27.6 Å². The normalized spacial score (nSPS) is 20.4. The number of anilines is 1. The summed E-state index contributed by atoms with van der Waals surface area (Å²) in [4.78, 5) is 4.53. The van der Waals surface area contributed by atoms with Gasteiger partial charge in [0.15, 0.2) is 5.17 Å². The van der Waals surface area contributed by atoms with Crippen LogP contribution in [0.15, 0.2) is 27.7 Å². The third-order valence-electron chi connectivity index (χ3n) is 2.56. The highest BCUT2D eigenvalue weighted by molar-refractivity contribution is 9.10. The summed E-state index contributed by atoms with van der Waals surface area (Å²) in [5.74, 6) is 1.85. The van der Waals surface area contributed by atoms with Gasteiger partial charge in [0.1, 0.15) is 0 Å².